The van der Waals surface area contributed by atoms with Crippen LogP contribution in [-0.2, 0) is 14.3 Å². The van der Waals surface area contributed by atoms with Crippen LogP contribution in [0.1, 0.15) is 58.6 Å². The number of ether oxygens (including phenoxy) is 3. The van der Waals surface area contributed by atoms with Crippen molar-refractivity contribution in [1.82, 2.24) is 0 Å². The average molecular weight is 621 g/mol. The van der Waals surface area contributed by atoms with Crippen LogP contribution in [0.5, 0.6) is 11.5 Å². The second-order valence-electron chi connectivity index (χ2n) is 10.9. The van der Waals surface area contributed by atoms with E-state index in [-0.39, 0.29) is 5.97 Å². The van der Waals surface area contributed by atoms with Crippen LogP contribution in [0, 0.1) is 0 Å². The molecule has 0 aromatic heterocycles. The van der Waals surface area contributed by atoms with Crippen LogP contribution in [0.4, 0.5) is 0 Å². The number of hydrogen-bond acceptors (Lipinski definition) is 5. The second-order valence-corrected chi connectivity index (χ2v) is 10.9. The van der Waals surface area contributed by atoms with Gasteiger partial charge in [0, 0.05) is 36.1 Å². The largest absolute Gasteiger partial charge is 0.493 e. The molecule has 4 rings (SSSR count). The molecule has 46 heavy (non-hydrogen) atoms. The van der Waals surface area contributed by atoms with Gasteiger partial charge in [-0.05, 0) is 69.0 Å². The maximum Gasteiger partial charge on any atom is 0.330 e. The molecule has 0 aliphatic carbocycles. The lowest BCUT2D eigenvalue weighted by Gasteiger charge is -2.20. The van der Waals surface area contributed by atoms with Crippen LogP contribution in [0.2, 0.25) is 0 Å². The van der Waals surface area contributed by atoms with Gasteiger partial charge >= 0.3 is 11.9 Å². The fourth-order valence-electron chi connectivity index (χ4n) is 4.84. The van der Waals surface area contributed by atoms with E-state index >= 15 is 0 Å². The number of benzene rings is 2. The number of allylic oxidation sites excluding steroid dienone is 12. The average Bonchev–Trinajstić information content (AvgIpc) is 3.01. The first-order valence-electron chi connectivity index (χ1n) is 15.5. The summed E-state index contributed by atoms with van der Waals surface area (Å²) in [5.41, 5.74) is 8.71. The molecular formula is C40H44O6. The van der Waals surface area contributed by atoms with Gasteiger partial charge in [-0.3, -0.25) is 0 Å². The number of hydrogen-bond donors (Lipinski definition) is 1. The zero-order chi connectivity index (χ0) is 33.3. The van der Waals surface area contributed by atoms with Crippen molar-refractivity contribution in [3.63, 3.8) is 0 Å². The van der Waals surface area contributed by atoms with Crippen LogP contribution < -0.4 is 9.47 Å². The van der Waals surface area contributed by atoms with E-state index in [0.29, 0.717) is 25.4 Å². The van der Waals surface area contributed by atoms with E-state index in [1.165, 1.54) is 28.9 Å². The minimum absolute atomic E-state index is 0.304. The molecule has 240 valence electrons. The zero-order valence-electron chi connectivity index (χ0n) is 27.4. The Bertz CT molecular complexity index is 1620. The van der Waals surface area contributed by atoms with E-state index in [9.17, 15) is 9.59 Å². The Kier molecular flexibility index (Phi) is 14.3. The first-order valence-corrected chi connectivity index (χ1v) is 15.5. The summed E-state index contributed by atoms with van der Waals surface area (Å²) in [4.78, 5) is 21.9. The van der Waals surface area contributed by atoms with Gasteiger partial charge in [0.05, 0.1) is 19.8 Å². The van der Waals surface area contributed by atoms with E-state index in [1.807, 2.05) is 80.6 Å². The van der Waals surface area contributed by atoms with Gasteiger partial charge in [0.25, 0.3) is 0 Å². The third kappa shape index (κ3) is 12.1. The molecule has 2 heterocycles. The van der Waals surface area contributed by atoms with Gasteiger partial charge in [0.15, 0.2) is 0 Å². The number of rotatable bonds is 9. The lowest BCUT2D eigenvalue weighted by atomic mass is 9.97. The molecule has 2 aromatic carbocycles. The van der Waals surface area contributed by atoms with Gasteiger partial charge in [-0.2, -0.15) is 0 Å². The number of fused-ring (bicyclic) bond motifs is 2. The van der Waals surface area contributed by atoms with Crippen molar-refractivity contribution in [2.24, 2.45) is 0 Å². The van der Waals surface area contributed by atoms with Crippen molar-refractivity contribution in [2.45, 2.75) is 47.5 Å². The summed E-state index contributed by atoms with van der Waals surface area (Å²) in [7, 11) is 0. The van der Waals surface area contributed by atoms with E-state index in [4.69, 9.17) is 19.3 Å². The number of carbonyl (C=O) groups excluding carboxylic acids is 1. The van der Waals surface area contributed by atoms with Crippen molar-refractivity contribution in [2.75, 3.05) is 19.8 Å². The Balaban J connectivity index is 0.000000251. The Hall–Kier alpha value is -5.10. The van der Waals surface area contributed by atoms with Gasteiger partial charge in [-0.1, -0.05) is 96.2 Å². The number of esters is 1. The van der Waals surface area contributed by atoms with Crippen molar-refractivity contribution in [3.8, 4) is 11.5 Å². The van der Waals surface area contributed by atoms with Gasteiger partial charge in [-0.25, -0.2) is 9.59 Å². The SMILES string of the molecule is CC(=C/C=C/C(C)=C/C(=O)O)/C=C1\CCOc2ccccc21.CCOC(=O)/C=C(C)/C=C/C=C(C)\C=C1/CCOc2ccccc21. The van der Waals surface area contributed by atoms with Gasteiger partial charge < -0.3 is 19.3 Å². The highest BCUT2D eigenvalue weighted by molar-refractivity contribution is 5.83. The highest BCUT2D eigenvalue weighted by Gasteiger charge is 2.15. The first-order chi connectivity index (χ1) is 22.2. The molecule has 0 unspecified atom stereocenters. The Morgan fingerprint density at radius 3 is 1.63 bits per heavy atom. The number of carbonyl (C=O) groups is 2. The van der Waals surface area contributed by atoms with E-state index in [0.717, 1.165) is 46.6 Å². The summed E-state index contributed by atoms with van der Waals surface area (Å²) in [6, 6.07) is 16.2. The molecule has 6 nitrogen and oxygen atoms in total. The molecule has 0 spiro atoms. The first kappa shape index (κ1) is 35.4. The van der Waals surface area contributed by atoms with Crippen molar-refractivity contribution in [1.29, 1.82) is 0 Å². The van der Waals surface area contributed by atoms with Gasteiger partial charge in [0.1, 0.15) is 11.5 Å². The molecule has 0 bridgehead atoms. The number of carboxylic acid groups (broad SMARTS) is 1. The summed E-state index contributed by atoms with van der Waals surface area (Å²) in [5, 5.41) is 8.65. The van der Waals surface area contributed by atoms with E-state index in [1.54, 1.807) is 19.9 Å². The van der Waals surface area contributed by atoms with Crippen LogP contribution in [0.15, 0.2) is 132 Å². The monoisotopic (exact) mass is 620 g/mol. The highest BCUT2D eigenvalue weighted by atomic mass is 16.5. The van der Waals surface area contributed by atoms with Crippen molar-refractivity contribution in [3.05, 3.63) is 143 Å². The fraction of sp³-hybridized carbons (Fsp3) is 0.250. The molecule has 0 radical (unpaired) electrons. The molecule has 0 saturated carbocycles. The molecular weight excluding hydrogens is 576 g/mol. The topological polar surface area (TPSA) is 82.1 Å². The molecule has 1 N–H and O–H groups in total. The molecule has 6 heteroatoms. The number of para-hydroxylation sites is 2. The summed E-state index contributed by atoms with van der Waals surface area (Å²) in [5.74, 6) is 0.653. The van der Waals surface area contributed by atoms with Crippen LogP contribution in [-0.4, -0.2) is 36.9 Å². The molecule has 0 saturated heterocycles. The molecule has 2 aromatic rings. The Morgan fingerprint density at radius 2 is 1.17 bits per heavy atom. The molecule has 2 aliphatic rings. The normalized spacial score (nSPS) is 17.2. The van der Waals surface area contributed by atoms with Crippen LogP contribution >= 0.6 is 0 Å². The number of aliphatic carboxylic acids is 1. The number of carboxylic acids is 1. The quantitative estimate of drug-likeness (QED) is 0.171. The fourth-order valence-corrected chi connectivity index (χ4v) is 4.84. The predicted octanol–water partition coefficient (Wildman–Crippen LogP) is 9.25. The van der Waals surface area contributed by atoms with E-state index in [2.05, 4.69) is 31.2 Å². The van der Waals surface area contributed by atoms with Crippen LogP contribution in [0.25, 0.3) is 11.1 Å². The smallest absolute Gasteiger partial charge is 0.330 e. The second kappa shape index (κ2) is 18.6. The minimum Gasteiger partial charge on any atom is -0.493 e. The maximum atomic E-state index is 11.4. The minimum atomic E-state index is -0.927. The zero-order valence-corrected chi connectivity index (χ0v) is 27.4. The Labute approximate surface area is 273 Å². The lowest BCUT2D eigenvalue weighted by molar-refractivity contribution is -0.137. The highest BCUT2D eigenvalue weighted by Crippen LogP contribution is 2.34. The molecule has 0 atom stereocenters. The third-order valence-corrected chi connectivity index (χ3v) is 6.95. The van der Waals surface area contributed by atoms with Crippen molar-refractivity contribution < 1.29 is 28.9 Å². The summed E-state index contributed by atoms with van der Waals surface area (Å²) < 4.78 is 16.2. The summed E-state index contributed by atoms with van der Waals surface area (Å²) >= 11 is 0. The molecule has 0 fully saturated rings. The summed E-state index contributed by atoms with van der Waals surface area (Å²) in [6.45, 7) is 11.4. The van der Waals surface area contributed by atoms with Gasteiger partial charge in [0.2, 0.25) is 0 Å². The third-order valence-electron chi connectivity index (χ3n) is 6.95. The summed E-state index contributed by atoms with van der Waals surface area (Å²) in [6.07, 6.45) is 20.3. The standard InChI is InChI=1S/C21H24O3.C19H20O3/c1-4-23-21(22)15-17(3)9-7-8-16(2)14-18-12-13-24-20-11-6-5-10-19(18)20;1-14(6-5-7-15(2)13-19(20)21)12-16-10-11-22-18-9-4-3-8-17(16)18/h5-11,14-15H,4,12-13H2,1-3H3;3-9,12-13H,10-11H2,1-2H3,(H,20,21)/b9-7+,16-8-,17-15+,18-14+;7-5+,14-6-,15-13+,16-12+. The van der Waals surface area contributed by atoms with Crippen LogP contribution in [0.3, 0.4) is 0 Å². The predicted molar refractivity (Wildman–Crippen MR) is 187 cm³/mol. The maximum absolute atomic E-state index is 11.4. The molecule has 0 amide bonds. The van der Waals surface area contributed by atoms with Gasteiger partial charge in [-0.15, -0.1) is 0 Å². The lowest BCUT2D eigenvalue weighted by Crippen LogP contribution is -2.07. The Morgan fingerprint density at radius 1 is 0.717 bits per heavy atom. The van der Waals surface area contributed by atoms with Crippen molar-refractivity contribution >= 4 is 23.1 Å². The molecule has 2 aliphatic heterocycles. The van der Waals surface area contributed by atoms with E-state index < -0.39 is 5.97 Å².